The smallest absolute Gasteiger partial charge is 0.329 e. The van der Waals surface area contributed by atoms with E-state index in [-0.39, 0.29) is 50.0 Å². The lowest BCUT2D eigenvalue weighted by molar-refractivity contribution is -0.119. The van der Waals surface area contributed by atoms with Crippen molar-refractivity contribution in [3.63, 3.8) is 0 Å². The monoisotopic (exact) mass is 646 g/mol. The van der Waals surface area contributed by atoms with Crippen LogP contribution in [0.3, 0.4) is 0 Å². The van der Waals surface area contributed by atoms with Gasteiger partial charge in [0.2, 0.25) is 0 Å². The molecule has 1 aliphatic heterocycles. The van der Waals surface area contributed by atoms with Gasteiger partial charge in [0.1, 0.15) is 23.1 Å². The predicted molar refractivity (Wildman–Crippen MR) is 167 cm³/mol. The van der Waals surface area contributed by atoms with Crippen molar-refractivity contribution >= 4 is 38.6 Å². The van der Waals surface area contributed by atoms with E-state index in [1.807, 2.05) is 6.92 Å². The molecule has 1 fully saturated rings. The minimum Gasteiger partial charge on any atom is -0.454 e. The summed E-state index contributed by atoms with van der Waals surface area (Å²) in [5.74, 6) is -2.75. The molecule has 3 amide bonds. The molecule has 3 heterocycles. The number of aromatic nitrogens is 2. The van der Waals surface area contributed by atoms with Crippen molar-refractivity contribution in [1.29, 1.82) is 0 Å². The van der Waals surface area contributed by atoms with E-state index in [0.717, 1.165) is 26.6 Å². The number of nitrogens with one attached hydrogen (secondary N) is 1. The van der Waals surface area contributed by atoms with Crippen LogP contribution in [-0.2, 0) is 21.9 Å². The molecule has 0 spiro atoms. The van der Waals surface area contributed by atoms with Crippen LogP contribution in [0.2, 0.25) is 0 Å². The molecule has 2 aromatic heterocycles. The molecule has 1 aliphatic rings. The molecule has 0 radical (unpaired) electrons. The van der Waals surface area contributed by atoms with Gasteiger partial charge in [-0.15, -0.1) is 0 Å². The SMILES string of the molecule is Cc1ccc(S(=O)(=O)n2ccc3c(-c4cc(N5C(=O)NC(C(C)C)C5=O)ccc4Oc4ccc(F)cc4F)cn(C)c(=O)c32)cc1. The Bertz CT molecular complexity index is 2230. The Hall–Kier alpha value is -5.30. The molecule has 13 heteroatoms. The predicted octanol–water partition coefficient (Wildman–Crippen LogP) is 5.70. The van der Waals surface area contributed by atoms with Crippen molar-refractivity contribution in [2.45, 2.75) is 31.7 Å². The van der Waals surface area contributed by atoms with E-state index in [1.165, 1.54) is 60.4 Å². The number of carbonyl (C=O) groups is 2. The minimum atomic E-state index is -4.21. The highest BCUT2D eigenvalue weighted by molar-refractivity contribution is 7.90. The van der Waals surface area contributed by atoms with Crippen LogP contribution in [-0.4, -0.2) is 34.9 Å². The highest BCUT2D eigenvalue weighted by Crippen LogP contribution is 2.41. The van der Waals surface area contributed by atoms with E-state index in [0.29, 0.717) is 6.07 Å². The third-order valence-electron chi connectivity index (χ3n) is 7.83. The first-order valence-electron chi connectivity index (χ1n) is 14.2. The van der Waals surface area contributed by atoms with E-state index in [2.05, 4.69) is 5.32 Å². The molecule has 1 N–H and O–H groups in total. The van der Waals surface area contributed by atoms with E-state index in [1.54, 1.807) is 26.0 Å². The Morgan fingerprint density at radius 2 is 1.59 bits per heavy atom. The summed E-state index contributed by atoms with van der Waals surface area (Å²) in [7, 11) is -2.77. The Labute approximate surface area is 262 Å². The van der Waals surface area contributed by atoms with Gasteiger partial charge in [-0.3, -0.25) is 9.59 Å². The normalized spacial score (nSPS) is 15.2. The summed E-state index contributed by atoms with van der Waals surface area (Å²) in [6, 6.07) is 13.3. The molecule has 0 aliphatic carbocycles. The molecule has 5 aromatic rings. The zero-order valence-electron chi connectivity index (χ0n) is 25.1. The lowest BCUT2D eigenvalue weighted by atomic mass is 10.0. The van der Waals surface area contributed by atoms with Gasteiger partial charge in [-0.05, 0) is 61.4 Å². The van der Waals surface area contributed by atoms with Gasteiger partial charge >= 0.3 is 6.03 Å². The second-order valence-electron chi connectivity index (χ2n) is 11.4. The van der Waals surface area contributed by atoms with Gasteiger partial charge in [0, 0.05) is 42.0 Å². The molecule has 1 saturated heterocycles. The van der Waals surface area contributed by atoms with E-state index >= 15 is 0 Å². The number of imide groups is 1. The van der Waals surface area contributed by atoms with Gasteiger partial charge in [0.05, 0.1) is 10.6 Å². The van der Waals surface area contributed by atoms with Gasteiger partial charge in [0.15, 0.2) is 11.6 Å². The molecule has 236 valence electrons. The Morgan fingerprint density at radius 3 is 2.24 bits per heavy atom. The Balaban J connectivity index is 1.58. The summed E-state index contributed by atoms with van der Waals surface area (Å²) in [5.41, 5.74) is 0.699. The average Bonchev–Trinajstić information content (AvgIpc) is 3.59. The van der Waals surface area contributed by atoms with E-state index in [4.69, 9.17) is 4.74 Å². The number of ether oxygens (including phenoxy) is 1. The molecule has 0 saturated carbocycles. The highest BCUT2D eigenvalue weighted by atomic mass is 32.2. The molecule has 46 heavy (non-hydrogen) atoms. The molecule has 6 rings (SSSR count). The summed E-state index contributed by atoms with van der Waals surface area (Å²) in [4.78, 5) is 40.6. The number of benzene rings is 3. The lowest BCUT2D eigenvalue weighted by Gasteiger charge is -2.19. The zero-order chi connectivity index (χ0) is 33.1. The van der Waals surface area contributed by atoms with Crippen molar-refractivity contribution < 1.29 is 31.5 Å². The number of fused-ring (bicyclic) bond motifs is 1. The van der Waals surface area contributed by atoms with Gasteiger partial charge in [-0.2, -0.15) is 0 Å². The molecule has 0 bridgehead atoms. The quantitative estimate of drug-likeness (QED) is 0.227. The van der Waals surface area contributed by atoms with Crippen LogP contribution in [0, 0.1) is 24.5 Å². The molecular weight excluding hydrogens is 618 g/mol. The fourth-order valence-corrected chi connectivity index (χ4v) is 6.74. The van der Waals surface area contributed by atoms with Crippen LogP contribution >= 0.6 is 0 Å². The van der Waals surface area contributed by atoms with Crippen LogP contribution in [0.25, 0.3) is 22.0 Å². The fourth-order valence-electron chi connectivity index (χ4n) is 5.40. The first kappa shape index (κ1) is 30.7. The summed E-state index contributed by atoms with van der Waals surface area (Å²) in [6.07, 6.45) is 2.71. The zero-order valence-corrected chi connectivity index (χ0v) is 25.9. The van der Waals surface area contributed by atoms with E-state index < -0.39 is 45.2 Å². The standard InChI is InChI=1S/C33H28F2N4O6S/c1-18(2)29-31(40)39(33(42)36-29)21-8-12-27(45-28-11-7-20(34)15-26(28)35)24(16-21)25-17-37(4)32(41)30-23(25)13-14-38(30)46(43,44)22-9-5-19(3)6-10-22/h5-18,29H,1-4H3,(H,36,42). The maximum Gasteiger partial charge on any atom is 0.329 e. The number of pyridine rings is 1. The Kier molecular flexibility index (Phi) is 7.51. The summed E-state index contributed by atoms with van der Waals surface area (Å²) in [5, 5.41) is 2.88. The molecule has 10 nitrogen and oxygen atoms in total. The Morgan fingerprint density at radius 1 is 0.891 bits per heavy atom. The van der Waals surface area contributed by atoms with Crippen molar-refractivity contribution in [3.05, 3.63) is 107 Å². The molecule has 3 aromatic carbocycles. The second-order valence-corrected chi connectivity index (χ2v) is 13.2. The number of carbonyl (C=O) groups excluding carboxylic acids is 2. The van der Waals surface area contributed by atoms with Crippen LogP contribution < -0.4 is 20.5 Å². The van der Waals surface area contributed by atoms with Gasteiger partial charge in [-0.25, -0.2) is 30.9 Å². The lowest BCUT2D eigenvalue weighted by Crippen LogP contribution is -2.34. The summed E-state index contributed by atoms with van der Waals surface area (Å²) in [6.45, 7) is 5.41. The van der Waals surface area contributed by atoms with Crippen molar-refractivity contribution in [3.8, 4) is 22.6 Å². The molecule has 1 atom stereocenters. The number of hydrogen-bond acceptors (Lipinski definition) is 6. The fraction of sp³-hybridized carbons (Fsp3) is 0.182. The van der Waals surface area contributed by atoms with Crippen LogP contribution in [0.15, 0.2) is 88.8 Å². The van der Waals surface area contributed by atoms with Gasteiger partial charge in [0.25, 0.3) is 21.5 Å². The highest BCUT2D eigenvalue weighted by Gasteiger charge is 2.41. The molecule has 1 unspecified atom stereocenters. The van der Waals surface area contributed by atoms with Crippen LogP contribution in [0.1, 0.15) is 19.4 Å². The number of aryl methyl sites for hydroxylation is 2. The number of anilines is 1. The first-order chi connectivity index (χ1) is 21.8. The summed E-state index contributed by atoms with van der Waals surface area (Å²) < 4.78 is 63.8. The average molecular weight is 647 g/mol. The van der Waals surface area contributed by atoms with Crippen molar-refractivity contribution in [2.75, 3.05) is 4.90 Å². The second kappa shape index (κ2) is 11.2. The number of nitrogens with zero attached hydrogens (tertiary/aromatic N) is 3. The van der Waals surface area contributed by atoms with Crippen LogP contribution in [0.4, 0.5) is 19.3 Å². The number of halogens is 2. The maximum absolute atomic E-state index is 14.7. The minimum absolute atomic E-state index is 0.0239. The third kappa shape index (κ3) is 5.11. The van der Waals surface area contributed by atoms with Crippen molar-refractivity contribution in [2.24, 2.45) is 13.0 Å². The maximum atomic E-state index is 14.7. The van der Waals surface area contributed by atoms with Crippen LogP contribution in [0.5, 0.6) is 11.5 Å². The molecular formula is C33H28F2N4O6S. The number of rotatable bonds is 7. The van der Waals surface area contributed by atoms with E-state index in [9.17, 15) is 31.6 Å². The number of amides is 3. The van der Waals surface area contributed by atoms with Gasteiger partial charge in [-0.1, -0.05) is 31.5 Å². The van der Waals surface area contributed by atoms with Gasteiger partial charge < -0.3 is 14.6 Å². The topological polar surface area (TPSA) is 120 Å². The largest absolute Gasteiger partial charge is 0.454 e. The number of urea groups is 1. The third-order valence-corrected chi connectivity index (χ3v) is 9.52. The summed E-state index contributed by atoms with van der Waals surface area (Å²) >= 11 is 0. The first-order valence-corrected chi connectivity index (χ1v) is 15.7. The van der Waals surface area contributed by atoms with Crippen molar-refractivity contribution in [1.82, 2.24) is 13.9 Å². The number of hydrogen-bond donors (Lipinski definition) is 1.